The highest BCUT2D eigenvalue weighted by atomic mass is 19.1. The first-order valence-corrected chi connectivity index (χ1v) is 7.34. The van der Waals surface area contributed by atoms with Gasteiger partial charge in [-0.3, -0.25) is 20.4 Å². The van der Waals surface area contributed by atoms with Crippen molar-refractivity contribution in [3.05, 3.63) is 72.2 Å². The van der Waals surface area contributed by atoms with Gasteiger partial charge in [0.1, 0.15) is 17.2 Å². The lowest BCUT2D eigenvalue weighted by Crippen LogP contribution is -2.35. The average molecular weight is 355 g/mol. The van der Waals surface area contributed by atoms with E-state index in [1.54, 1.807) is 30.6 Å². The molecule has 2 N–H and O–H groups in total. The first-order chi connectivity index (χ1) is 12.5. The minimum atomic E-state index is -1.22. The number of hydrogen-bond acceptors (Lipinski definition) is 5. The van der Waals surface area contributed by atoms with Gasteiger partial charge in [0.2, 0.25) is 5.95 Å². The summed E-state index contributed by atoms with van der Waals surface area (Å²) in [4.78, 5) is 35.7. The van der Waals surface area contributed by atoms with Crippen LogP contribution in [-0.4, -0.2) is 26.9 Å². The van der Waals surface area contributed by atoms with Crippen molar-refractivity contribution in [2.45, 2.75) is 0 Å². The van der Waals surface area contributed by atoms with Crippen LogP contribution in [-0.2, 0) is 0 Å². The van der Waals surface area contributed by atoms with Crippen molar-refractivity contribution in [3.8, 4) is 11.3 Å². The number of amides is 3. The summed E-state index contributed by atoms with van der Waals surface area (Å²) in [6.07, 6.45) is 4.59. The van der Waals surface area contributed by atoms with Gasteiger partial charge >= 0.3 is 6.03 Å². The van der Waals surface area contributed by atoms with Crippen LogP contribution in [0.25, 0.3) is 11.3 Å². The number of hydrogen-bond donors (Lipinski definition) is 2. The Morgan fingerprint density at radius 1 is 0.962 bits per heavy atom. The standard InChI is InChI=1S/C17H11F2N5O2/c18-11-4-1-5-12(19)14(11)15(25)23-17(26)24-16-21-8-6-13(22-16)10-3-2-7-20-9-10/h1-9H,(H2,21,22,23,24,25,26). The summed E-state index contributed by atoms with van der Waals surface area (Å²) in [5.74, 6) is -3.47. The van der Waals surface area contributed by atoms with Crippen LogP contribution in [0.15, 0.2) is 55.0 Å². The zero-order chi connectivity index (χ0) is 18.5. The predicted molar refractivity (Wildman–Crippen MR) is 88.1 cm³/mol. The molecule has 0 bridgehead atoms. The minimum Gasteiger partial charge on any atom is -0.276 e. The summed E-state index contributed by atoms with van der Waals surface area (Å²) < 4.78 is 27.1. The summed E-state index contributed by atoms with van der Waals surface area (Å²) in [5.41, 5.74) is 0.338. The molecular weight excluding hydrogens is 344 g/mol. The molecule has 0 spiro atoms. The zero-order valence-electron chi connectivity index (χ0n) is 13.1. The quantitative estimate of drug-likeness (QED) is 0.753. The first kappa shape index (κ1) is 17.1. The molecule has 3 amide bonds. The molecule has 3 rings (SSSR count). The fourth-order valence-electron chi connectivity index (χ4n) is 2.11. The molecule has 3 aromatic rings. The number of urea groups is 1. The molecule has 0 aliphatic rings. The molecule has 7 nitrogen and oxygen atoms in total. The molecule has 0 radical (unpaired) electrons. The second-order valence-corrected chi connectivity index (χ2v) is 5.01. The molecule has 0 saturated heterocycles. The molecule has 0 atom stereocenters. The van der Waals surface area contributed by atoms with Gasteiger partial charge in [0.15, 0.2) is 0 Å². The molecule has 0 unspecified atom stereocenters. The third-order valence-electron chi connectivity index (χ3n) is 3.26. The van der Waals surface area contributed by atoms with Crippen LogP contribution >= 0.6 is 0 Å². The van der Waals surface area contributed by atoms with Crippen molar-refractivity contribution < 1.29 is 18.4 Å². The van der Waals surface area contributed by atoms with Gasteiger partial charge in [0.05, 0.1) is 5.69 Å². The van der Waals surface area contributed by atoms with Gasteiger partial charge in [-0.15, -0.1) is 0 Å². The summed E-state index contributed by atoms with van der Waals surface area (Å²) in [7, 11) is 0. The summed E-state index contributed by atoms with van der Waals surface area (Å²) in [6.45, 7) is 0. The van der Waals surface area contributed by atoms with Gasteiger partial charge in [0, 0.05) is 24.2 Å². The smallest absolute Gasteiger partial charge is 0.276 e. The average Bonchev–Trinajstić information content (AvgIpc) is 2.62. The summed E-state index contributed by atoms with van der Waals surface area (Å²) in [5, 5.41) is 4.06. The third kappa shape index (κ3) is 3.83. The predicted octanol–water partition coefficient (Wildman–Crippen LogP) is 2.78. The van der Waals surface area contributed by atoms with Gasteiger partial charge in [-0.2, -0.15) is 0 Å². The molecule has 2 heterocycles. The molecule has 26 heavy (non-hydrogen) atoms. The van der Waals surface area contributed by atoms with E-state index in [0.717, 1.165) is 18.2 Å². The number of nitrogens with zero attached hydrogens (tertiary/aromatic N) is 3. The normalized spacial score (nSPS) is 10.2. The van der Waals surface area contributed by atoms with Gasteiger partial charge in [-0.1, -0.05) is 6.07 Å². The van der Waals surface area contributed by atoms with E-state index in [4.69, 9.17) is 0 Å². The monoisotopic (exact) mass is 355 g/mol. The maximum atomic E-state index is 13.6. The van der Waals surface area contributed by atoms with Crippen molar-refractivity contribution in [2.24, 2.45) is 0 Å². The number of nitrogens with one attached hydrogen (secondary N) is 2. The number of rotatable bonds is 3. The maximum absolute atomic E-state index is 13.6. The zero-order valence-corrected chi connectivity index (χ0v) is 13.1. The van der Waals surface area contributed by atoms with Crippen LogP contribution in [0, 0.1) is 11.6 Å². The number of anilines is 1. The van der Waals surface area contributed by atoms with Crippen LogP contribution in [0.4, 0.5) is 19.5 Å². The number of carbonyl (C=O) groups excluding carboxylic acids is 2. The second kappa shape index (κ2) is 7.43. The maximum Gasteiger partial charge on any atom is 0.328 e. The molecule has 0 saturated carbocycles. The Hall–Kier alpha value is -3.75. The molecule has 0 aliphatic heterocycles. The van der Waals surface area contributed by atoms with Crippen molar-refractivity contribution >= 4 is 17.9 Å². The number of aromatic nitrogens is 3. The fraction of sp³-hybridized carbons (Fsp3) is 0. The number of imide groups is 1. The van der Waals surface area contributed by atoms with E-state index in [1.807, 2.05) is 5.32 Å². The van der Waals surface area contributed by atoms with E-state index in [0.29, 0.717) is 11.3 Å². The van der Waals surface area contributed by atoms with Crippen LogP contribution in [0.3, 0.4) is 0 Å². The molecular formula is C17H11F2N5O2. The largest absolute Gasteiger partial charge is 0.328 e. The topological polar surface area (TPSA) is 96.9 Å². The van der Waals surface area contributed by atoms with E-state index in [9.17, 15) is 18.4 Å². The van der Waals surface area contributed by atoms with Crippen LogP contribution < -0.4 is 10.6 Å². The van der Waals surface area contributed by atoms with Crippen molar-refractivity contribution in [2.75, 3.05) is 5.32 Å². The molecule has 130 valence electrons. The van der Waals surface area contributed by atoms with E-state index in [-0.39, 0.29) is 5.95 Å². The van der Waals surface area contributed by atoms with E-state index in [2.05, 4.69) is 20.3 Å². The van der Waals surface area contributed by atoms with Crippen LogP contribution in [0.1, 0.15) is 10.4 Å². The highest BCUT2D eigenvalue weighted by Crippen LogP contribution is 2.16. The van der Waals surface area contributed by atoms with Gasteiger partial charge in [-0.25, -0.2) is 23.5 Å². The van der Waals surface area contributed by atoms with Gasteiger partial charge < -0.3 is 0 Å². The fourth-order valence-corrected chi connectivity index (χ4v) is 2.11. The van der Waals surface area contributed by atoms with Crippen molar-refractivity contribution in [3.63, 3.8) is 0 Å². The summed E-state index contributed by atoms with van der Waals surface area (Å²) >= 11 is 0. The SMILES string of the molecule is O=C(NC(=O)c1c(F)cccc1F)Nc1nccc(-c2cccnc2)n1. The van der Waals surface area contributed by atoms with Crippen molar-refractivity contribution in [1.82, 2.24) is 20.3 Å². The highest BCUT2D eigenvalue weighted by Gasteiger charge is 2.19. The lowest BCUT2D eigenvalue weighted by Gasteiger charge is -2.08. The number of carbonyl (C=O) groups is 2. The van der Waals surface area contributed by atoms with Gasteiger partial charge in [0.25, 0.3) is 5.91 Å². The Kier molecular flexibility index (Phi) is 4.88. The second-order valence-electron chi connectivity index (χ2n) is 5.01. The van der Waals surface area contributed by atoms with Crippen LogP contribution in [0.5, 0.6) is 0 Å². The summed E-state index contributed by atoms with van der Waals surface area (Å²) in [6, 6.07) is 7.01. The first-order valence-electron chi connectivity index (χ1n) is 7.34. The van der Waals surface area contributed by atoms with E-state index in [1.165, 1.54) is 6.20 Å². The van der Waals surface area contributed by atoms with Crippen LogP contribution in [0.2, 0.25) is 0 Å². The van der Waals surface area contributed by atoms with E-state index >= 15 is 0 Å². The number of pyridine rings is 1. The lowest BCUT2D eigenvalue weighted by molar-refractivity contribution is 0.0959. The number of benzene rings is 1. The van der Waals surface area contributed by atoms with Crippen molar-refractivity contribution in [1.29, 1.82) is 0 Å². The Balaban J connectivity index is 1.72. The Morgan fingerprint density at radius 2 is 1.73 bits per heavy atom. The lowest BCUT2D eigenvalue weighted by atomic mass is 10.2. The molecule has 1 aromatic carbocycles. The highest BCUT2D eigenvalue weighted by molar-refractivity contribution is 6.07. The number of halogens is 2. The molecule has 2 aromatic heterocycles. The van der Waals surface area contributed by atoms with Gasteiger partial charge in [-0.05, 0) is 30.3 Å². The minimum absolute atomic E-state index is 0.0920. The molecule has 0 aliphatic carbocycles. The Morgan fingerprint density at radius 3 is 2.42 bits per heavy atom. The molecule has 0 fully saturated rings. The Labute approximate surface area is 146 Å². The Bertz CT molecular complexity index is 946. The third-order valence-corrected chi connectivity index (χ3v) is 3.26. The molecule has 9 heteroatoms. The van der Waals surface area contributed by atoms with E-state index < -0.39 is 29.1 Å².